The summed E-state index contributed by atoms with van der Waals surface area (Å²) in [5, 5.41) is 0. The average Bonchev–Trinajstić information content (AvgIpc) is 2.80. The van der Waals surface area contributed by atoms with E-state index < -0.39 is 12.0 Å². The van der Waals surface area contributed by atoms with Gasteiger partial charge in [0.2, 0.25) is 17.7 Å². The van der Waals surface area contributed by atoms with E-state index in [0.717, 1.165) is 5.56 Å². The van der Waals surface area contributed by atoms with Crippen molar-refractivity contribution in [2.24, 2.45) is 0 Å². The fourth-order valence-corrected chi connectivity index (χ4v) is 2.09. The van der Waals surface area contributed by atoms with Gasteiger partial charge in [-0.05, 0) is 5.56 Å². The lowest BCUT2D eigenvalue weighted by atomic mass is 10.1. The fraction of sp³-hybridized carbons (Fsp3) is 0.542. The predicted molar refractivity (Wildman–Crippen MR) is 129 cm³/mol. The zero-order valence-corrected chi connectivity index (χ0v) is 21.8. The molecule has 1 rings (SSSR count). The minimum atomic E-state index is -0.570. The number of methoxy groups -OCH3 is 2. The molecule has 1 aromatic rings. The fourth-order valence-electron chi connectivity index (χ4n) is 2.09. The SMILES string of the molecule is CC(=O)N(C)C.COC(=O)C(Cc1ccccc1)N(C)C(C)=O.COC(=O)CCN(C)C(C)=O. The largest absolute Gasteiger partial charge is 0.469 e. The number of carbonyl (C=O) groups is 5. The molecule has 0 aliphatic rings. The summed E-state index contributed by atoms with van der Waals surface area (Å²) in [7, 11) is 9.35. The van der Waals surface area contributed by atoms with Crippen LogP contribution in [0.4, 0.5) is 0 Å². The van der Waals surface area contributed by atoms with Crippen LogP contribution in [0.1, 0.15) is 32.8 Å². The molecule has 3 amide bonds. The van der Waals surface area contributed by atoms with E-state index in [2.05, 4.69) is 4.74 Å². The molecule has 0 aromatic heterocycles. The number of nitrogens with zero attached hydrogens (tertiary/aromatic N) is 3. The zero-order chi connectivity index (χ0) is 26.8. The first-order valence-corrected chi connectivity index (χ1v) is 10.6. The monoisotopic (exact) mass is 481 g/mol. The highest BCUT2D eigenvalue weighted by Gasteiger charge is 2.25. The lowest BCUT2D eigenvalue weighted by Crippen LogP contribution is -2.43. The van der Waals surface area contributed by atoms with Gasteiger partial charge in [0.25, 0.3) is 0 Å². The number of hydrogen-bond donors (Lipinski definition) is 0. The molecule has 0 spiro atoms. The van der Waals surface area contributed by atoms with E-state index in [1.54, 1.807) is 28.2 Å². The maximum Gasteiger partial charge on any atom is 0.328 e. The molecular weight excluding hydrogens is 442 g/mol. The summed E-state index contributed by atoms with van der Waals surface area (Å²) in [4.78, 5) is 58.6. The summed E-state index contributed by atoms with van der Waals surface area (Å²) in [6.07, 6.45) is 0.718. The Bertz CT molecular complexity index is 782. The molecule has 0 aliphatic carbocycles. The summed E-state index contributed by atoms with van der Waals surface area (Å²) in [6, 6.07) is 8.98. The van der Waals surface area contributed by atoms with Crippen LogP contribution in [0.5, 0.6) is 0 Å². The number of benzene rings is 1. The van der Waals surface area contributed by atoms with Crippen LogP contribution in [0, 0.1) is 0 Å². The van der Waals surface area contributed by atoms with Gasteiger partial charge in [-0.25, -0.2) is 4.79 Å². The second-order valence-electron chi connectivity index (χ2n) is 7.54. The lowest BCUT2D eigenvalue weighted by molar-refractivity contribution is -0.151. The Balaban J connectivity index is 0. The minimum absolute atomic E-state index is 0.0473. The molecule has 1 aromatic carbocycles. The van der Waals surface area contributed by atoms with Gasteiger partial charge >= 0.3 is 11.9 Å². The quantitative estimate of drug-likeness (QED) is 0.541. The molecule has 0 radical (unpaired) electrons. The summed E-state index contributed by atoms with van der Waals surface area (Å²) in [5.74, 6) is -0.801. The van der Waals surface area contributed by atoms with E-state index in [1.807, 2.05) is 30.3 Å². The third-order valence-electron chi connectivity index (χ3n) is 4.76. The van der Waals surface area contributed by atoms with Crippen molar-refractivity contribution in [3.63, 3.8) is 0 Å². The van der Waals surface area contributed by atoms with E-state index in [-0.39, 0.29) is 30.1 Å². The first-order valence-electron chi connectivity index (χ1n) is 10.6. The van der Waals surface area contributed by atoms with Gasteiger partial charge in [-0.1, -0.05) is 30.3 Å². The highest BCUT2D eigenvalue weighted by Crippen LogP contribution is 2.09. The molecule has 0 bridgehead atoms. The molecular formula is C24H39N3O7. The molecule has 0 fully saturated rings. The van der Waals surface area contributed by atoms with Crippen LogP contribution in [-0.4, -0.2) is 99.4 Å². The van der Waals surface area contributed by atoms with Crippen molar-refractivity contribution in [3.05, 3.63) is 35.9 Å². The number of esters is 2. The van der Waals surface area contributed by atoms with Gasteiger partial charge in [-0.15, -0.1) is 0 Å². The average molecular weight is 482 g/mol. The van der Waals surface area contributed by atoms with Crippen molar-refractivity contribution < 1.29 is 33.4 Å². The Kier molecular flexibility index (Phi) is 17.4. The third-order valence-corrected chi connectivity index (χ3v) is 4.76. The number of amides is 3. The Hall–Kier alpha value is -3.43. The van der Waals surface area contributed by atoms with Crippen LogP contribution in [0.15, 0.2) is 30.3 Å². The van der Waals surface area contributed by atoms with Crippen LogP contribution in [-0.2, 0) is 39.9 Å². The number of likely N-dealkylation sites (N-methyl/N-ethyl adjacent to an activating group) is 1. The van der Waals surface area contributed by atoms with Crippen molar-refractivity contribution in [1.82, 2.24) is 14.7 Å². The molecule has 34 heavy (non-hydrogen) atoms. The van der Waals surface area contributed by atoms with Crippen molar-refractivity contribution in [3.8, 4) is 0 Å². The third kappa shape index (κ3) is 15.4. The van der Waals surface area contributed by atoms with Crippen LogP contribution in [0.2, 0.25) is 0 Å². The van der Waals surface area contributed by atoms with Gasteiger partial charge in [0.15, 0.2) is 0 Å². The molecule has 192 valence electrons. The summed E-state index contributed by atoms with van der Waals surface area (Å²) in [6.45, 7) is 4.83. The highest BCUT2D eigenvalue weighted by atomic mass is 16.5. The smallest absolute Gasteiger partial charge is 0.328 e. The summed E-state index contributed by atoms with van der Waals surface area (Å²) in [5.41, 5.74) is 0.996. The Labute approximate surface area is 202 Å². The molecule has 10 heteroatoms. The lowest BCUT2D eigenvalue weighted by Gasteiger charge is -2.24. The van der Waals surface area contributed by atoms with Crippen molar-refractivity contribution in [1.29, 1.82) is 0 Å². The van der Waals surface area contributed by atoms with Crippen molar-refractivity contribution in [2.75, 3.05) is 49.0 Å². The van der Waals surface area contributed by atoms with Crippen LogP contribution >= 0.6 is 0 Å². The van der Waals surface area contributed by atoms with Gasteiger partial charge in [-0.3, -0.25) is 19.2 Å². The Morgan fingerprint density at radius 2 is 1.29 bits per heavy atom. The van der Waals surface area contributed by atoms with E-state index >= 15 is 0 Å². The number of hydrogen-bond acceptors (Lipinski definition) is 7. The van der Waals surface area contributed by atoms with Crippen LogP contribution in [0.3, 0.4) is 0 Å². The maximum absolute atomic E-state index is 11.6. The molecule has 1 unspecified atom stereocenters. The Morgan fingerprint density at radius 1 is 0.794 bits per heavy atom. The summed E-state index contributed by atoms with van der Waals surface area (Å²) < 4.78 is 9.13. The normalized spacial score (nSPS) is 10.1. The van der Waals surface area contributed by atoms with E-state index in [1.165, 1.54) is 49.7 Å². The Morgan fingerprint density at radius 3 is 1.65 bits per heavy atom. The predicted octanol–water partition coefficient (Wildman–Crippen LogP) is 1.37. The topological polar surface area (TPSA) is 114 Å². The second-order valence-corrected chi connectivity index (χ2v) is 7.54. The van der Waals surface area contributed by atoms with Gasteiger partial charge in [-0.2, -0.15) is 0 Å². The van der Waals surface area contributed by atoms with Gasteiger partial charge in [0.1, 0.15) is 6.04 Å². The standard InChI is InChI=1S/C13H17NO3.C7H13NO3.C4H9NO/c1-10(15)14(2)12(13(16)17-3)9-11-7-5-4-6-8-11;1-6(9)8(2)5-4-7(10)11-3;1-4(6)5(2)3/h4-8,12H,9H2,1-3H3;4-5H2,1-3H3;1-3H3. The van der Waals surface area contributed by atoms with E-state index in [9.17, 15) is 24.0 Å². The molecule has 10 nitrogen and oxygen atoms in total. The van der Waals surface area contributed by atoms with Gasteiger partial charge < -0.3 is 24.2 Å². The van der Waals surface area contributed by atoms with Crippen LogP contribution < -0.4 is 0 Å². The van der Waals surface area contributed by atoms with Crippen molar-refractivity contribution >= 4 is 29.7 Å². The van der Waals surface area contributed by atoms with Gasteiger partial charge in [0, 0.05) is 61.9 Å². The number of carbonyl (C=O) groups excluding carboxylic acids is 5. The number of ether oxygens (including phenoxy) is 2. The van der Waals surface area contributed by atoms with Crippen molar-refractivity contribution in [2.45, 2.75) is 39.7 Å². The molecule has 0 aliphatic heterocycles. The van der Waals surface area contributed by atoms with E-state index in [4.69, 9.17) is 4.74 Å². The molecule has 0 saturated carbocycles. The first kappa shape index (κ1) is 32.7. The first-order chi connectivity index (χ1) is 15.8. The van der Waals surface area contributed by atoms with E-state index in [0.29, 0.717) is 13.0 Å². The molecule has 1 atom stereocenters. The number of rotatable bonds is 7. The maximum atomic E-state index is 11.6. The second kappa shape index (κ2) is 18.0. The van der Waals surface area contributed by atoms with Crippen LogP contribution in [0.25, 0.3) is 0 Å². The van der Waals surface area contributed by atoms with Gasteiger partial charge in [0.05, 0.1) is 20.6 Å². The molecule has 0 heterocycles. The minimum Gasteiger partial charge on any atom is -0.469 e. The molecule has 0 saturated heterocycles. The molecule has 0 N–H and O–H groups in total. The zero-order valence-electron chi connectivity index (χ0n) is 21.8. The summed E-state index contributed by atoms with van der Waals surface area (Å²) >= 11 is 0. The highest BCUT2D eigenvalue weighted by molar-refractivity contribution is 5.83.